The average molecular weight is 259 g/mol. The Morgan fingerprint density at radius 1 is 1.57 bits per heavy atom. The number of alkyl halides is 1. The van der Waals surface area contributed by atoms with Gasteiger partial charge in [-0.1, -0.05) is 12.1 Å². The van der Waals surface area contributed by atoms with Gasteiger partial charge in [0.1, 0.15) is 0 Å². The summed E-state index contributed by atoms with van der Waals surface area (Å²) in [6, 6.07) is 6.00. The van der Waals surface area contributed by atoms with Crippen LogP contribution in [0.3, 0.4) is 0 Å². The SMILES string of the molecule is NC(=O)c1cccc(C(Br)[N+](=O)[O-])c1. The van der Waals surface area contributed by atoms with Gasteiger partial charge in [0.15, 0.2) is 0 Å². The third-order valence-electron chi connectivity index (χ3n) is 1.63. The molecule has 14 heavy (non-hydrogen) atoms. The Hall–Kier alpha value is -1.43. The Kier molecular flexibility index (Phi) is 3.19. The van der Waals surface area contributed by atoms with E-state index in [-0.39, 0.29) is 5.56 Å². The number of rotatable bonds is 3. The first-order valence-electron chi connectivity index (χ1n) is 3.69. The number of benzene rings is 1. The topological polar surface area (TPSA) is 86.2 Å². The van der Waals surface area contributed by atoms with E-state index in [1.807, 2.05) is 0 Å². The third kappa shape index (κ3) is 2.29. The first-order valence-corrected chi connectivity index (χ1v) is 4.61. The molecule has 1 aromatic rings. The van der Waals surface area contributed by atoms with Crippen LogP contribution in [0, 0.1) is 10.1 Å². The van der Waals surface area contributed by atoms with Crippen molar-refractivity contribution in [3.8, 4) is 0 Å². The molecule has 0 saturated carbocycles. The smallest absolute Gasteiger partial charge is 0.290 e. The van der Waals surface area contributed by atoms with Crippen LogP contribution in [-0.4, -0.2) is 10.8 Å². The molecule has 2 N–H and O–H groups in total. The van der Waals surface area contributed by atoms with Crippen molar-refractivity contribution in [1.29, 1.82) is 0 Å². The van der Waals surface area contributed by atoms with Crippen LogP contribution in [0.15, 0.2) is 24.3 Å². The third-order valence-corrected chi connectivity index (χ3v) is 2.49. The van der Waals surface area contributed by atoms with Gasteiger partial charge < -0.3 is 5.73 Å². The number of hydrogen-bond acceptors (Lipinski definition) is 3. The largest absolute Gasteiger partial charge is 0.366 e. The van der Waals surface area contributed by atoms with E-state index in [4.69, 9.17) is 5.73 Å². The van der Waals surface area contributed by atoms with Gasteiger partial charge in [-0.05, 0) is 12.1 Å². The van der Waals surface area contributed by atoms with Crippen molar-refractivity contribution in [2.75, 3.05) is 0 Å². The number of nitrogens with two attached hydrogens (primary N) is 1. The lowest BCUT2D eigenvalue weighted by atomic mass is 10.1. The zero-order valence-electron chi connectivity index (χ0n) is 7.01. The molecule has 1 rings (SSSR count). The van der Waals surface area contributed by atoms with Gasteiger partial charge in [0.25, 0.3) is 4.95 Å². The van der Waals surface area contributed by atoms with Crippen LogP contribution in [0.4, 0.5) is 0 Å². The van der Waals surface area contributed by atoms with Crippen molar-refractivity contribution in [3.63, 3.8) is 0 Å². The number of carbonyl (C=O) groups excluding carboxylic acids is 1. The van der Waals surface area contributed by atoms with Crippen molar-refractivity contribution in [2.24, 2.45) is 5.73 Å². The summed E-state index contributed by atoms with van der Waals surface area (Å²) in [6.07, 6.45) is 0. The summed E-state index contributed by atoms with van der Waals surface area (Å²) in [5, 5.41) is 10.4. The quantitative estimate of drug-likeness (QED) is 0.385. The zero-order valence-corrected chi connectivity index (χ0v) is 8.60. The number of amides is 1. The lowest BCUT2D eigenvalue weighted by molar-refractivity contribution is -0.498. The molecule has 74 valence electrons. The molecule has 0 spiro atoms. The lowest BCUT2D eigenvalue weighted by Crippen LogP contribution is -2.12. The maximum atomic E-state index is 10.8. The highest BCUT2D eigenvalue weighted by Gasteiger charge is 2.18. The van der Waals surface area contributed by atoms with Crippen LogP contribution >= 0.6 is 15.9 Å². The van der Waals surface area contributed by atoms with E-state index in [9.17, 15) is 14.9 Å². The molecular formula is C8H7BrN2O3. The van der Waals surface area contributed by atoms with E-state index < -0.39 is 15.8 Å². The van der Waals surface area contributed by atoms with Crippen molar-refractivity contribution in [1.82, 2.24) is 0 Å². The molecule has 1 amide bonds. The minimum Gasteiger partial charge on any atom is -0.366 e. The van der Waals surface area contributed by atoms with Gasteiger partial charge in [0, 0.05) is 32.0 Å². The molecule has 0 bridgehead atoms. The van der Waals surface area contributed by atoms with Crippen LogP contribution in [0.1, 0.15) is 20.9 Å². The Bertz CT molecular complexity index is 381. The highest BCUT2D eigenvalue weighted by molar-refractivity contribution is 9.09. The number of hydrogen-bond donors (Lipinski definition) is 1. The van der Waals surface area contributed by atoms with Crippen LogP contribution < -0.4 is 5.73 Å². The van der Waals surface area contributed by atoms with Gasteiger partial charge in [-0.3, -0.25) is 14.9 Å². The highest BCUT2D eigenvalue weighted by atomic mass is 79.9. The van der Waals surface area contributed by atoms with E-state index in [1.54, 1.807) is 12.1 Å². The minimum atomic E-state index is -1.01. The summed E-state index contributed by atoms with van der Waals surface area (Å²) < 4.78 is 0. The van der Waals surface area contributed by atoms with E-state index in [0.29, 0.717) is 5.56 Å². The van der Waals surface area contributed by atoms with E-state index in [1.165, 1.54) is 12.1 Å². The van der Waals surface area contributed by atoms with Crippen LogP contribution in [0.2, 0.25) is 0 Å². The second kappa shape index (κ2) is 4.19. The fourth-order valence-corrected chi connectivity index (χ4v) is 1.25. The molecule has 0 aliphatic carbocycles. The van der Waals surface area contributed by atoms with E-state index in [0.717, 1.165) is 0 Å². The standard InChI is InChI=1S/C8H7BrN2O3/c9-7(11(13)14)5-2-1-3-6(4-5)8(10)12/h1-4,7H,(H2,10,12). The normalized spacial score (nSPS) is 12.1. The number of primary amides is 1. The molecule has 5 nitrogen and oxygen atoms in total. The van der Waals surface area contributed by atoms with Crippen LogP contribution in [0.5, 0.6) is 0 Å². The number of halogens is 1. The summed E-state index contributed by atoms with van der Waals surface area (Å²) >= 11 is 2.88. The number of carbonyl (C=O) groups is 1. The maximum absolute atomic E-state index is 10.8. The summed E-state index contributed by atoms with van der Waals surface area (Å²) in [5.74, 6) is -0.602. The number of nitrogens with zero attached hydrogens (tertiary/aromatic N) is 1. The Labute approximate surface area is 88.2 Å². The zero-order chi connectivity index (χ0) is 10.7. The van der Waals surface area contributed by atoms with Crippen molar-refractivity contribution >= 4 is 21.8 Å². The Morgan fingerprint density at radius 3 is 2.71 bits per heavy atom. The molecule has 6 heteroatoms. The fourth-order valence-electron chi connectivity index (χ4n) is 0.962. The van der Waals surface area contributed by atoms with Gasteiger partial charge in [-0.15, -0.1) is 0 Å². The van der Waals surface area contributed by atoms with Crippen molar-refractivity contribution < 1.29 is 9.72 Å². The average Bonchev–Trinajstić information content (AvgIpc) is 2.16. The molecule has 0 radical (unpaired) electrons. The monoisotopic (exact) mass is 258 g/mol. The number of nitro groups is 1. The Balaban J connectivity index is 3.05. The van der Waals surface area contributed by atoms with Crippen LogP contribution in [-0.2, 0) is 0 Å². The summed E-state index contributed by atoms with van der Waals surface area (Å²) in [4.78, 5) is 19.7. The highest BCUT2D eigenvalue weighted by Crippen LogP contribution is 2.23. The van der Waals surface area contributed by atoms with E-state index >= 15 is 0 Å². The second-order valence-corrected chi connectivity index (χ2v) is 3.48. The molecule has 0 saturated heterocycles. The van der Waals surface area contributed by atoms with Crippen molar-refractivity contribution in [3.05, 3.63) is 45.5 Å². The van der Waals surface area contributed by atoms with Gasteiger partial charge in [0.05, 0.1) is 0 Å². The molecule has 0 heterocycles. The van der Waals surface area contributed by atoms with Gasteiger partial charge >= 0.3 is 0 Å². The fraction of sp³-hybridized carbons (Fsp3) is 0.125. The molecule has 0 fully saturated rings. The van der Waals surface area contributed by atoms with E-state index in [2.05, 4.69) is 15.9 Å². The predicted molar refractivity (Wildman–Crippen MR) is 53.6 cm³/mol. The molecule has 1 atom stereocenters. The van der Waals surface area contributed by atoms with Gasteiger partial charge in [-0.25, -0.2) is 0 Å². The van der Waals surface area contributed by atoms with Crippen LogP contribution in [0.25, 0.3) is 0 Å². The lowest BCUT2D eigenvalue weighted by Gasteiger charge is -2.03. The molecule has 0 aliphatic heterocycles. The predicted octanol–water partition coefficient (Wildman–Crippen LogP) is 1.46. The summed E-state index contributed by atoms with van der Waals surface area (Å²) in [6.45, 7) is 0. The molecule has 0 aliphatic rings. The molecule has 0 aromatic heterocycles. The first-order chi connectivity index (χ1) is 6.52. The van der Waals surface area contributed by atoms with Crippen molar-refractivity contribution in [2.45, 2.75) is 4.95 Å². The minimum absolute atomic E-state index is 0.258. The molecule has 1 aromatic carbocycles. The Morgan fingerprint density at radius 2 is 2.21 bits per heavy atom. The van der Waals surface area contributed by atoms with Gasteiger partial charge in [0.2, 0.25) is 5.91 Å². The maximum Gasteiger partial charge on any atom is 0.290 e. The summed E-state index contributed by atoms with van der Waals surface area (Å²) in [5.41, 5.74) is 5.69. The molecular weight excluding hydrogens is 252 g/mol. The second-order valence-electron chi connectivity index (χ2n) is 2.61. The van der Waals surface area contributed by atoms with Gasteiger partial charge in [-0.2, -0.15) is 0 Å². The summed E-state index contributed by atoms with van der Waals surface area (Å²) in [7, 11) is 0. The first kappa shape index (κ1) is 10.6. The molecule has 1 unspecified atom stereocenters.